The fourth-order valence-corrected chi connectivity index (χ4v) is 6.51. The number of nitrogens with one attached hydrogen (secondary N) is 2. The van der Waals surface area contributed by atoms with E-state index in [1.807, 2.05) is 13.8 Å². The quantitative estimate of drug-likeness (QED) is 0.534. The second kappa shape index (κ2) is 7.85. The van der Waals surface area contributed by atoms with E-state index in [2.05, 4.69) is 10.6 Å². The summed E-state index contributed by atoms with van der Waals surface area (Å²) in [5.74, 6) is -2.86. The molecule has 0 aliphatic carbocycles. The van der Waals surface area contributed by atoms with Gasteiger partial charge >= 0.3 is 0 Å². The normalized spacial score (nSPS) is 28.2. The molecule has 0 saturated carbocycles. The van der Waals surface area contributed by atoms with Crippen LogP contribution in [0.25, 0.3) is 0 Å². The third kappa shape index (κ3) is 3.30. The van der Waals surface area contributed by atoms with Crippen molar-refractivity contribution in [2.24, 2.45) is 17.8 Å². The molecule has 5 rings (SSSR count). The molecule has 172 valence electrons. The van der Waals surface area contributed by atoms with Crippen LogP contribution in [0.3, 0.4) is 0 Å². The summed E-state index contributed by atoms with van der Waals surface area (Å²) in [6, 6.07) is 7.28. The molecule has 2 aromatic carbocycles. The van der Waals surface area contributed by atoms with Gasteiger partial charge in [0, 0.05) is 26.7 Å². The van der Waals surface area contributed by atoms with Gasteiger partial charge in [0.1, 0.15) is 5.54 Å². The molecule has 2 aromatic rings. The maximum atomic E-state index is 13.9. The molecule has 3 aliphatic heterocycles. The number of imide groups is 1. The Labute approximate surface area is 210 Å². The summed E-state index contributed by atoms with van der Waals surface area (Å²) in [7, 11) is 0. The van der Waals surface area contributed by atoms with Gasteiger partial charge in [0.05, 0.1) is 28.2 Å². The Balaban J connectivity index is 1.70. The Morgan fingerprint density at radius 1 is 0.939 bits per heavy atom. The van der Waals surface area contributed by atoms with E-state index in [1.54, 1.807) is 6.07 Å². The number of benzene rings is 2. The van der Waals surface area contributed by atoms with Gasteiger partial charge in [-0.3, -0.25) is 19.7 Å². The Bertz CT molecular complexity index is 1210. The Morgan fingerprint density at radius 2 is 1.58 bits per heavy atom. The number of carbonyl (C=O) groups is 3. The predicted octanol–water partition coefficient (Wildman–Crippen LogP) is 5.27. The first-order chi connectivity index (χ1) is 15.5. The van der Waals surface area contributed by atoms with Crippen molar-refractivity contribution in [3.05, 3.63) is 56.0 Å². The van der Waals surface area contributed by atoms with Crippen molar-refractivity contribution in [1.82, 2.24) is 5.32 Å². The number of halogens is 4. The van der Waals surface area contributed by atoms with E-state index in [-0.39, 0.29) is 16.6 Å². The molecule has 2 saturated heterocycles. The van der Waals surface area contributed by atoms with E-state index in [0.29, 0.717) is 32.7 Å². The van der Waals surface area contributed by atoms with Crippen LogP contribution < -0.4 is 15.5 Å². The van der Waals surface area contributed by atoms with E-state index < -0.39 is 41.1 Å². The van der Waals surface area contributed by atoms with Crippen molar-refractivity contribution in [2.45, 2.75) is 31.8 Å². The smallest absolute Gasteiger partial charge is 0.250 e. The number of nitrogens with zero attached hydrogens (tertiary/aromatic N) is 1. The Hall–Kier alpha value is -1.83. The first-order valence-corrected chi connectivity index (χ1v) is 12.0. The number of amides is 3. The lowest BCUT2D eigenvalue weighted by atomic mass is 9.76. The zero-order chi connectivity index (χ0) is 23.8. The van der Waals surface area contributed by atoms with Crippen LogP contribution in [-0.4, -0.2) is 23.8 Å². The maximum Gasteiger partial charge on any atom is 0.250 e. The number of hydrogen-bond acceptors (Lipinski definition) is 4. The highest BCUT2D eigenvalue weighted by molar-refractivity contribution is 6.38. The topological polar surface area (TPSA) is 78.5 Å². The van der Waals surface area contributed by atoms with Crippen LogP contribution in [0.1, 0.15) is 25.8 Å². The molecule has 3 heterocycles. The van der Waals surface area contributed by atoms with E-state index >= 15 is 0 Å². The van der Waals surface area contributed by atoms with E-state index in [9.17, 15) is 14.4 Å². The lowest BCUT2D eigenvalue weighted by molar-refractivity contribution is -0.130. The number of fused-ring (bicyclic) bond motifs is 4. The predicted molar refractivity (Wildman–Crippen MR) is 129 cm³/mol. The van der Waals surface area contributed by atoms with Gasteiger partial charge in [0.2, 0.25) is 17.7 Å². The SMILES string of the molecule is CC(C)CC1NC2(C(=O)Nc3c(Cl)cc(Cl)cc32)C2C(=O)N(c3cc(Cl)cc(Cl)c3)C(=O)C12. The highest BCUT2D eigenvalue weighted by atomic mass is 35.5. The molecule has 33 heavy (non-hydrogen) atoms. The molecule has 4 atom stereocenters. The van der Waals surface area contributed by atoms with Gasteiger partial charge in [0.25, 0.3) is 0 Å². The minimum Gasteiger partial charge on any atom is -0.323 e. The molecule has 6 nitrogen and oxygen atoms in total. The number of hydrogen-bond donors (Lipinski definition) is 2. The van der Waals surface area contributed by atoms with E-state index in [0.717, 1.165) is 4.90 Å². The number of anilines is 2. The molecule has 4 unspecified atom stereocenters. The van der Waals surface area contributed by atoms with Crippen LogP contribution in [0.5, 0.6) is 0 Å². The molecule has 3 aliphatic rings. The third-order valence-electron chi connectivity index (χ3n) is 6.57. The molecule has 0 aromatic heterocycles. The van der Waals surface area contributed by atoms with Gasteiger partial charge in [-0.05, 0) is 42.7 Å². The second-order valence-corrected chi connectivity index (χ2v) is 10.8. The minimum atomic E-state index is -1.47. The zero-order valence-electron chi connectivity index (χ0n) is 17.6. The average Bonchev–Trinajstić information content (AvgIpc) is 3.26. The Morgan fingerprint density at radius 3 is 2.21 bits per heavy atom. The largest absolute Gasteiger partial charge is 0.323 e. The summed E-state index contributed by atoms with van der Waals surface area (Å²) in [5, 5.41) is 7.36. The van der Waals surface area contributed by atoms with E-state index in [1.165, 1.54) is 24.3 Å². The van der Waals surface area contributed by atoms with Crippen molar-refractivity contribution in [1.29, 1.82) is 0 Å². The van der Waals surface area contributed by atoms with Crippen molar-refractivity contribution >= 4 is 75.5 Å². The van der Waals surface area contributed by atoms with Gasteiger partial charge in [-0.15, -0.1) is 0 Å². The lowest BCUT2D eigenvalue weighted by Crippen LogP contribution is -2.53. The van der Waals surface area contributed by atoms with Crippen LogP contribution >= 0.6 is 46.4 Å². The average molecular weight is 527 g/mol. The second-order valence-electron chi connectivity index (χ2n) is 9.10. The van der Waals surface area contributed by atoms with E-state index in [4.69, 9.17) is 46.4 Å². The van der Waals surface area contributed by atoms with Crippen molar-refractivity contribution in [3.63, 3.8) is 0 Å². The highest BCUT2D eigenvalue weighted by Gasteiger charge is 2.70. The molecule has 0 radical (unpaired) electrons. The first kappa shape index (κ1) is 22.9. The third-order valence-corrected chi connectivity index (χ3v) is 7.52. The molecular weight excluding hydrogens is 508 g/mol. The molecule has 3 amide bonds. The number of carbonyl (C=O) groups excluding carboxylic acids is 3. The van der Waals surface area contributed by atoms with Crippen LogP contribution in [0.15, 0.2) is 30.3 Å². The minimum absolute atomic E-state index is 0.211. The highest BCUT2D eigenvalue weighted by Crippen LogP contribution is 2.56. The van der Waals surface area contributed by atoms with Crippen molar-refractivity contribution in [3.8, 4) is 0 Å². The van der Waals surface area contributed by atoms with Gasteiger partial charge < -0.3 is 5.32 Å². The van der Waals surface area contributed by atoms with Crippen molar-refractivity contribution < 1.29 is 14.4 Å². The molecule has 1 spiro atoms. The van der Waals surface area contributed by atoms with Crippen LogP contribution in [0.4, 0.5) is 11.4 Å². The van der Waals surface area contributed by atoms with Crippen molar-refractivity contribution in [2.75, 3.05) is 10.2 Å². The summed E-state index contributed by atoms with van der Waals surface area (Å²) >= 11 is 25.0. The Kier molecular flexibility index (Phi) is 5.46. The molecule has 2 fully saturated rings. The molecular formula is C23H19Cl4N3O3. The van der Waals surface area contributed by atoms with Gasteiger partial charge in [-0.25, -0.2) is 4.90 Å². The fourth-order valence-electron chi connectivity index (χ4n) is 5.46. The van der Waals surface area contributed by atoms with Crippen LogP contribution in [0.2, 0.25) is 20.1 Å². The lowest BCUT2D eigenvalue weighted by Gasteiger charge is -2.30. The summed E-state index contributed by atoms with van der Waals surface area (Å²) in [4.78, 5) is 42.2. The standard InChI is InChI=1S/C23H19Cl4N3O3/c1-9(2)3-16-17-18(21(32)30(20(17)31)13-5-10(24)4-11(25)6-13)23(29-16)14-7-12(26)8-15(27)19(14)28-22(23)33/h4-9,16-18,29H,3H2,1-2H3,(H,28,33). The van der Waals surface area contributed by atoms with Crippen LogP contribution in [0, 0.1) is 17.8 Å². The summed E-state index contributed by atoms with van der Waals surface area (Å²) < 4.78 is 0. The monoisotopic (exact) mass is 525 g/mol. The molecule has 10 heteroatoms. The summed E-state index contributed by atoms with van der Waals surface area (Å²) in [6.07, 6.45) is 0.586. The fraction of sp³-hybridized carbons (Fsp3) is 0.348. The summed E-state index contributed by atoms with van der Waals surface area (Å²) in [5.41, 5.74) is -0.332. The molecule has 2 N–H and O–H groups in total. The number of rotatable bonds is 3. The van der Waals surface area contributed by atoms with Gasteiger partial charge in [0.15, 0.2) is 0 Å². The zero-order valence-corrected chi connectivity index (χ0v) is 20.6. The molecule has 0 bridgehead atoms. The maximum absolute atomic E-state index is 13.9. The van der Waals surface area contributed by atoms with Crippen LogP contribution in [-0.2, 0) is 19.9 Å². The van der Waals surface area contributed by atoms with Gasteiger partial charge in [-0.1, -0.05) is 60.3 Å². The first-order valence-electron chi connectivity index (χ1n) is 10.5. The van der Waals surface area contributed by atoms with Gasteiger partial charge in [-0.2, -0.15) is 0 Å². The summed E-state index contributed by atoms with van der Waals surface area (Å²) in [6.45, 7) is 4.04.